The van der Waals surface area contributed by atoms with E-state index in [-0.39, 0.29) is 11.7 Å². The highest BCUT2D eigenvalue weighted by atomic mass is 16.4. The van der Waals surface area contributed by atoms with Crippen molar-refractivity contribution >= 4 is 11.7 Å². The van der Waals surface area contributed by atoms with Crippen molar-refractivity contribution in [3.05, 3.63) is 0 Å². The van der Waals surface area contributed by atoms with Gasteiger partial charge >= 0.3 is 0 Å². The summed E-state index contributed by atoms with van der Waals surface area (Å²) in [7, 11) is 0. The SMILES string of the molecule is CCCCCCCCC(=O)NCCCC(N)=NO. The number of rotatable bonds is 11. The molecule has 0 unspecified atom stereocenters. The molecule has 0 spiro atoms. The molecule has 0 aromatic carbocycles. The summed E-state index contributed by atoms with van der Waals surface area (Å²) in [6.45, 7) is 2.78. The first kappa shape index (κ1) is 16.7. The Labute approximate surface area is 110 Å². The van der Waals surface area contributed by atoms with Crippen LogP contribution in [-0.4, -0.2) is 23.5 Å². The van der Waals surface area contributed by atoms with Crippen LogP contribution in [0.1, 0.15) is 64.7 Å². The minimum absolute atomic E-state index is 0.102. The van der Waals surface area contributed by atoms with Gasteiger partial charge in [0, 0.05) is 19.4 Å². The Bertz CT molecular complexity index is 242. The van der Waals surface area contributed by atoms with Gasteiger partial charge in [-0.1, -0.05) is 44.2 Å². The lowest BCUT2D eigenvalue weighted by Crippen LogP contribution is -2.25. The molecular weight excluding hydrogens is 230 g/mol. The minimum Gasteiger partial charge on any atom is -0.409 e. The van der Waals surface area contributed by atoms with Crippen LogP contribution in [0.2, 0.25) is 0 Å². The van der Waals surface area contributed by atoms with Crippen LogP contribution < -0.4 is 11.1 Å². The van der Waals surface area contributed by atoms with Crippen LogP contribution in [0.4, 0.5) is 0 Å². The smallest absolute Gasteiger partial charge is 0.219 e. The normalized spacial score (nSPS) is 11.5. The molecule has 5 heteroatoms. The summed E-state index contributed by atoms with van der Waals surface area (Å²) >= 11 is 0. The number of carbonyl (C=O) groups excluding carboxylic acids is 1. The predicted octanol–water partition coefficient (Wildman–Crippen LogP) is 2.38. The van der Waals surface area contributed by atoms with Crippen LogP contribution in [-0.2, 0) is 4.79 Å². The van der Waals surface area contributed by atoms with Crippen molar-refractivity contribution in [3.63, 3.8) is 0 Å². The summed E-state index contributed by atoms with van der Waals surface area (Å²) in [6.07, 6.45) is 8.97. The third kappa shape index (κ3) is 11.2. The Balaban J connectivity index is 3.27. The van der Waals surface area contributed by atoms with Gasteiger partial charge in [-0.05, 0) is 12.8 Å². The first-order valence-electron chi connectivity index (χ1n) is 6.93. The molecule has 1 amide bonds. The maximum atomic E-state index is 11.4. The Morgan fingerprint density at radius 1 is 1.11 bits per heavy atom. The van der Waals surface area contributed by atoms with E-state index in [1.165, 1.54) is 25.7 Å². The summed E-state index contributed by atoms with van der Waals surface area (Å²) < 4.78 is 0. The summed E-state index contributed by atoms with van der Waals surface area (Å²) in [6, 6.07) is 0. The van der Waals surface area contributed by atoms with Crippen molar-refractivity contribution in [1.82, 2.24) is 5.32 Å². The fraction of sp³-hybridized carbons (Fsp3) is 0.846. The zero-order valence-corrected chi connectivity index (χ0v) is 11.5. The molecule has 0 rings (SSSR count). The van der Waals surface area contributed by atoms with Crippen LogP contribution >= 0.6 is 0 Å². The van der Waals surface area contributed by atoms with E-state index in [1.54, 1.807) is 0 Å². The molecule has 0 heterocycles. The van der Waals surface area contributed by atoms with E-state index in [0.717, 1.165) is 12.8 Å². The second-order valence-electron chi connectivity index (χ2n) is 4.56. The Kier molecular flexibility index (Phi) is 11.3. The molecule has 0 bridgehead atoms. The van der Waals surface area contributed by atoms with E-state index >= 15 is 0 Å². The van der Waals surface area contributed by atoms with Crippen molar-refractivity contribution < 1.29 is 10.0 Å². The van der Waals surface area contributed by atoms with Crippen molar-refractivity contribution in [2.45, 2.75) is 64.7 Å². The zero-order chi connectivity index (χ0) is 13.6. The molecular formula is C13H27N3O2. The minimum atomic E-state index is 0.102. The van der Waals surface area contributed by atoms with Gasteiger partial charge in [-0.2, -0.15) is 0 Å². The average molecular weight is 257 g/mol. The lowest BCUT2D eigenvalue weighted by molar-refractivity contribution is -0.121. The third-order valence-corrected chi connectivity index (χ3v) is 2.82. The van der Waals surface area contributed by atoms with Crippen LogP contribution in [0, 0.1) is 0 Å². The second-order valence-corrected chi connectivity index (χ2v) is 4.56. The monoisotopic (exact) mass is 257 g/mol. The van der Waals surface area contributed by atoms with Gasteiger partial charge in [0.05, 0.1) is 0 Å². The Morgan fingerprint density at radius 2 is 1.78 bits per heavy atom. The van der Waals surface area contributed by atoms with E-state index in [4.69, 9.17) is 10.9 Å². The molecule has 0 aromatic heterocycles. The van der Waals surface area contributed by atoms with Gasteiger partial charge in [-0.3, -0.25) is 4.79 Å². The van der Waals surface area contributed by atoms with Crippen LogP contribution in [0.25, 0.3) is 0 Å². The number of amides is 1. The summed E-state index contributed by atoms with van der Waals surface area (Å²) in [4.78, 5) is 11.4. The first-order chi connectivity index (χ1) is 8.70. The first-order valence-corrected chi connectivity index (χ1v) is 6.93. The molecule has 4 N–H and O–H groups in total. The van der Waals surface area contributed by atoms with Gasteiger partial charge in [-0.15, -0.1) is 0 Å². The molecule has 0 fully saturated rings. The van der Waals surface area contributed by atoms with Crippen molar-refractivity contribution in [3.8, 4) is 0 Å². The van der Waals surface area contributed by atoms with E-state index in [1.807, 2.05) is 0 Å². The standard InChI is InChI=1S/C13H27N3O2/c1-2-3-4-5-6-7-10-13(17)15-11-8-9-12(14)16-18/h18H,2-11H2,1H3,(H2,14,16)(H,15,17). The molecule has 106 valence electrons. The molecule has 0 atom stereocenters. The van der Waals surface area contributed by atoms with Gasteiger partial charge < -0.3 is 16.3 Å². The summed E-state index contributed by atoms with van der Waals surface area (Å²) in [5, 5.41) is 14.0. The van der Waals surface area contributed by atoms with Gasteiger partial charge in [0.25, 0.3) is 0 Å². The fourth-order valence-electron chi connectivity index (χ4n) is 1.70. The largest absolute Gasteiger partial charge is 0.409 e. The molecule has 0 saturated carbocycles. The Hall–Kier alpha value is -1.26. The average Bonchev–Trinajstić information content (AvgIpc) is 2.38. The lowest BCUT2D eigenvalue weighted by Gasteiger charge is -2.04. The summed E-state index contributed by atoms with van der Waals surface area (Å²) in [5.74, 6) is 0.310. The maximum absolute atomic E-state index is 11.4. The highest BCUT2D eigenvalue weighted by Gasteiger charge is 2.00. The molecule has 5 nitrogen and oxygen atoms in total. The van der Waals surface area contributed by atoms with E-state index < -0.39 is 0 Å². The number of hydrogen-bond acceptors (Lipinski definition) is 3. The molecule has 0 saturated heterocycles. The number of hydrogen-bond donors (Lipinski definition) is 3. The van der Waals surface area contributed by atoms with Crippen LogP contribution in [0.3, 0.4) is 0 Å². The quantitative estimate of drug-likeness (QED) is 0.174. The number of nitrogens with two attached hydrogens (primary N) is 1. The molecule has 0 aliphatic heterocycles. The second kappa shape index (κ2) is 12.2. The van der Waals surface area contributed by atoms with E-state index in [9.17, 15) is 4.79 Å². The highest BCUT2D eigenvalue weighted by Crippen LogP contribution is 2.06. The number of unbranched alkanes of at least 4 members (excludes halogenated alkanes) is 5. The lowest BCUT2D eigenvalue weighted by atomic mass is 10.1. The predicted molar refractivity (Wildman–Crippen MR) is 73.6 cm³/mol. The van der Waals surface area contributed by atoms with Crippen molar-refractivity contribution in [2.75, 3.05) is 6.54 Å². The van der Waals surface area contributed by atoms with Crippen LogP contribution in [0.15, 0.2) is 5.16 Å². The fourth-order valence-corrected chi connectivity index (χ4v) is 1.70. The molecule has 0 radical (unpaired) electrons. The van der Waals surface area contributed by atoms with E-state index in [2.05, 4.69) is 17.4 Å². The van der Waals surface area contributed by atoms with Gasteiger partial charge in [0.15, 0.2) is 0 Å². The molecule has 0 aliphatic carbocycles. The number of amidine groups is 1. The summed E-state index contributed by atoms with van der Waals surface area (Å²) in [5.41, 5.74) is 5.32. The number of carbonyl (C=O) groups is 1. The number of oxime groups is 1. The molecule has 0 aliphatic rings. The van der Waals surface area contributed by atoms with Crippen LogP contribution in [0.5, 0.6) is 0 Å². The van der Waals surface area contributed by atoms with Crippen molar-refractivity contribution in [1.29, 1.82) is 0 Å². The Morgan fingerprint density at radius 3 is 2.44 bits per heavy atom. The van der Waals surface area contributed by atoms with Crippen molar-refractivity contribution in [2.24, 2.45) is 10.9 Å². The number of nitrogens with zero attached hydrogens (tertiary/aromatic N) is 1. The topological polar surface area (TPSA) is 87.7 Å². The number of nitrogens with one attached hydrogen (secondary N) is 1. The highest BCUT2D eigenvalue weighted by molar-refractivity contribution is 5.79. The van der Waals surface area contributed by atoms with Gasteiger partial charge in [0.2, 0.25) is 5.91 Å². The maximum Gasteiger partial charge on any atom is 0.219 e. The molecule has 0 aromatic rings. The molecule has 18 heavy (non-hydrogen) atoms. The third-order valence-electron chi connectivity index (χ3n) is 2.82. The zero-order valence-electron chi connectivity index (χ0n) is 11.5. The van der Waals surface area contributed by atoms with E-state index in [0.29, 0.717) is 25.8 Å². The van der Waals surface area contributed by atoms with Gasteiger partial charge in [-0.25, -0.2) is 0 Å². The van der Waals surface area contributed by atoms with Gasteiger partial charge in [0.1, 0.15) is 5.84 Å².